The van der Waals surface area contributed by atoms with E-state index in [1.54, 1.807) is 6.07 Å². The van der Waals surface area contributed by atoms with Gasteiger partial charge in [-0.2, -0.15) is 0 Å². The van der Waals surface area contributed by atoms with E-state index < -0.39 is 0 Å². The van der Waals surface area contributed by atoms with Crippen LogP contribution < -0.4 is 5.32 Å². The van der Waals surface area contributed by atoms with Crippen molar-refractivity contribution in [3.05, 3.63) is 34.2 Å². The van der Waals surface area contributed by atoms with E-state index in [4.69, 9.17) is 0 Å². The fraction of sp³-hybridized carbons (Fsp3) is 0.273. The second-order valence-corrected chi connectivity index (χ2v) is 4.35. The third-order valence-corrected chi connectivity index (χ3v) is 3.44. The molecule has 0 saturated carbocycles. The van der Waals surface area contributed by atoms with Crippen molar-refractivity contribution >= 4 is 26.8 Å². The van der Waals surface area contributed by atoms with Gasteiger partial charge in [0, 0.05) is 27.1 Å². The number of H-pyrrole nitrogens is 1. The minimum absolute atomic E-state index is 0.204. The fourth-order valence-corrected chi connectivity index (χ4v) is 2.39. The summed E-state index contributed by atoms with van der Waals surface area (Å²) in [6, 6.07) is 4.95. The quantitative estimate of drug-likeness (QED) is 0.861. The van der Waals surface area contributed by atoms with Crippen LogP contribution in [0.5, 0.6) is 0 Å². The van der Waals surface area contributed by atoms with Gasteiger partial charge in [-0.05, 0) is 48.1 Å². The lowest BCUT2D eigenvalue weighted by molar-refractivity contribution is 0.628. The molecule has 0 aliphatic heterocycles. The number of fused-ring (bicyclic) bond motifs is 1. The third kappa shape index (κ3) is 1.79. The zero-order chi connectivity index (χ0) is 11.0. The molecule has 1 aromatic heterocycles. The first-order valence-corrected chi connectivity index (χ1v) is 5.56. The first-order chi connectivity index (χ1) is 7.13. The van der Waals surface area contributed by atoms with Crippen molar-refractivity contribution < 1.29 is 4.39 Å². The van der Waals surface area contributed by atoms with Crippen LogP contribution in [0.2, 0.25) is 0 Å². The summed E-state index contributed by atoms with van der Waals surface area (Å²) in [6.45, 7) is 2.05. The number of aromatic amines is 1. The average molecular weight is 271 g/mol. The van der Waals surface area contributed by atoms with Gasteiger partial charge in [-0.25, -0.2) is 4.39 Å². The Balaban J connectivity index is 2.63. The zero-order valence-electron chi connectivity index (χ0n) is 8.57. The zero-order valence-corrected chi connectivity index (χ0v) is 10.2. The molecule has 0 saturated heterocycles. The van der Waals surface area contributed by atoms with Gasteiger partial charge in [-0.3, -0.25) is 0 Å². The van der Waals surface area contributed by atoms with Crippen LogP contribution in [0.4, 0.5) is 4.39 Å². The topological polar surface area (TPSA) is 27.8 Å². The van der Waals surface area contributed by atoms with Gasteiger partial charge in [0.2, 0.25) is 0 Å². The molecule has 0 fully saturated rings. The van der Waals surface area contributed by atoms with Crippen LogP contribution in [0.25, 0.3) is 10.9 Å². The Morgan fingerprint density at radius 3 is 2.87 bits per heavy atom. The summed E-state index contributed by atoms with van der Waals surface area (Å²) in [5.41, 5.74) is 1.86. The Morgan fingerprint density at radius 1 is 1.47 bits per heavy atom. The van der Waals surface area contributed by atoms with E-state index in [0.717, 1.165) is 21.1 Å². The molecule has 1 atom stereocenters. The van der Waals surface area contributed by atoms with Crippen molar-refractivity contribution in [2.75, 3.05) is 7.05 Å². The van der Waals surface area contributed by atoms with E-state index in [1.165, 1.54) is 12.1 Å². The lowest BCUT2D eigenvalue weighted by Crippen LogP contribution is -2.12. The third-order valence-electron chi connectivity index (χ3n) is 2.59. The summed E-state index contributed by atoms with van der Waals surface area (Å²) in [4.78, 5) is 3.21. The highest BCUT2D eigenvalue weighted by Gasteiger charge is 2.13. The molecule has 0 amide bonds. The SMILES string of the molecule is CNC(C)c1[nH]c2cc(F)ccc2c1Br. The predicted molar refractivity (Wildman–Crippen MR) is 63.4 cm³/mol. The van der Waals surface area contributed by atoms with Crippen molar-refractivity contribution in [2.24, 2.45) is 0 Å². The van der Waals surface area contributed by atoms with Crippen LogP contribution >= 0.6 is 15.9 Å². The van der Waals surface area contributed by atoms with Crippen molar-refractivity contribution in [3.8, 4) is 0 Å². The molecule has 0 aliphatic rings. The predicted octanol–water partition coefficient (Wildman–Crippen LogP) is 3.35. The van der Waals surface area contributed by atoms with Gasteiger partial charge in [0.05, 0.1) is 0 Å². The van der Waals surface area contributed by atoms with Gasteiger partial charge in [0.25, 0.3) is 0 Å². The summed E-state index contributed by atoms with van der Waals surface area (Å²) in [6.07, 6.45) is 0. The highest BCUT2D eigenvalue weighted by atomic mass is 79.9. The Kier molecular flexibility index (Phi) is 2.80. The van der Waals surface area contributed by atoms with E-state index in [-0.39, 0.29) is 11.9 Å². The number of aromatic nitrogens is 1. The summed E-state index contributed by atoms with van der Waals surface area (Å²) < 4.78 is 14.0. The molecule has 2 nitrogen and oxygen atoms in total. The van der Waals surface area contributed by atoms with Crippen LogP contribution in [0.3, 0.4) is 0 Å². The molecule has 15 heavy (non-hydrogen) atoms. The first kappa shape index (κ1) is 10.6. The minimum atomic E-state index is -0.222. The van der Waals surface area contributed by atoms with Gasteiger partial charge in [0.1, 0.15) is 5.82 Å². The maximum Gasteiger partial charge on any atom is 0.125 e. The van der Waals surface area contributed by atoms with E-state index >= 15 is 0 Å². The molecule has 0 spiro atoms. The summed E-state index contributed by atoms with van der Waals surface area (Å²) in [7, 11) is 1.89. The van der Waals surface area contributed by atoms with Gasteiger partial charge in [0.15, 0.2) is 0 Å². The normalized spacial score (nSPS) is 13.3. The number of hydrogen-bond donors (Lipinski definition) is 2. The molecule has 4 heteroatoms. The summed E-state index contributed by atoms with van der Waals surface area (Å²) in [5.74, 6) is -0.222. The van der Waals surface area contributed by atoms with E-state index in [1.807, 2.05) is 14.0 Å². The molecule has 0 radical (unpaired) electrons. The molecule has 1 aromatic carbocycles. The Hall–Kier alpha value is -0.870. The lowest BCUT2D eigenvalue weighted by Gasteiger charge is -2.08. The highest BCUT2D eigenvalue weighted by Crippen LogP contribution is 2.31. The highest BCUT2D eigenvalue weighted by molar-refractivity contribution is 9.10. The van der Waals surface area contributed by atoms with Crippen LogP contribution in [-0.2, 0) is 0 Å². The van der Waals surface area contributed by atoms with Crippen molar-refractivity contribution in [2.45, 2.75) is 13.0 Å². The second kappa shape index (κ2) is 3.94. The number of halogens is 2. The lowest BCUT2D eigenvalue weighted by atomic mass is 10.2. The second-order valence-electron chi connectivity index (χ2n) is 3.55. The number of benzene rings is 1. The number of rotatable bonds is 2. The van der Waals surface area contributed by atoms with Gasteiger partial charge in [-0.1, -0.05) is 0 Å². The average Bonchev–Trinajstić information content (AvgIpc) is 2.54. The van der Waals surface area contributed by atoms with Crippen LogP contribution in [-0.4, -0.2) is 12.0 Å². The fourth-order valence-electron chi connectivity index (χ4n) is 1.60. The summed E-state index contributed by atoms with van der Waals surface area (Å²) >= 11 is 3.52. The number of nitrogens with one attached hydrogen (secondary N) is 2. The van der Waals surface area contributed by atoms with Gasteiger partial charge >= 0.3 is 0 Å². The van der Waals surface area contributed by atoms with Crippen molar-refractivity contribution in [1.82, 2.24) is 10.3 Å². The van der Waals surface area contributed by atoms with Crippen LogP contribution in [0, 0.1) is 5.82 Å². The van der Waals surface area contributed by atoms with Crippen molar-refractivity contribution in [1.29, 1.82) is 0 Å². The standard InChI is InChI=1S/C11H12BrFN2/c1-6(14-2)11-10(12)8-4-3-7(13)5-9(8)15-11/h3-6,14-15H,1-2H3. The number of hydrogen-bond acceptors (Lipinski definition) is 1. The van der Waals surface area contributed by atoms with Crippen LogP contribution in [0.1, 0.15) is 18.7 Å². The Bertz CT molecular complexity index is 493. The molecular formula is C11H12BrFN2. The smallest absolute Gasteiger partial charge is 0.125 e. The molecule has 2 rings (SSSR count). The molecule has 0 bridgehead atoms. The largest absolute Gasteiger partial charge is 0.356 e. The Labute approximate surface area is 96.0 Å². The molecular weight excluding hydrogens is 259 g/mol. The molecule has 80 valence electrons. The molecule has 2 aromatic rings. The van der Waals surface area contributed by atoms with Gasteiger partial charge < -0.3 is 10.3 Å². The maximum atomic E-state index is 13.0. The van der Waals surface area contributed by atoms with Gasteiger partial charge in [-0.15, -0.1) is 0 Å². The van der Waals surface area contributed by atoms with E-state index in [0.29, 0.717) is 0 Å². The Morgan fingerprint density at radius 2 is 2.20 bits per heavy atom. The summed E-state index contributed by atoms with van der Waals surface area (Å²) in [5, 5.41) is 4.15. The molecule has 0 aliphatic carbocycles. The van der Waals surface area contributed by atoms with E-state index in [2.05, 4.69) is 26.2 Å². The van der Waals surface area contributed by atoms with Crippen LogP contribution in [0.15, 0.2) is 22.7 Å². The first-order valence-electron chi connectivity index (χ1n) is 4.77. The van der Waals surface area contributed by atoms with Crippen molar-refractivity contribution in [3.63, 3.8) is 0 Å². The molecule has 1 heterocycles. The molecule has 2 N–H and O–H groups in total. The molecule has 1 unspecified atom stereocenters. The minimum Gasteiger partial charge on any atom is -0.356 e. The van der Waals surface area contributed by atoms with E-state index in [9.17, 15) is 4.39 Å². The monoisotopic (exact) mass is 270 g/mol. The maximum absolute atomic E-state index is 13.0.